The molecule has 5 nitrogen and oxygen atoms in total. The number of fused-ring (bicyclic) bond motifs is 1. The van der Waals surface area contributed by atoms with Crippen molar-refractivity contribution in [2.75, 3.05) is 0 Å². The molecule has 16 heavy (non-hydrogen) atoms. The van der Waals surface area contributed by atoms with Crippen molar-refractivity contribution in [3.63, 3.8) is 0 Å². The summed E-state index contributed by atoms with van der Waals surface area (Å²) >= 11 is 0. The summed E-state index contributed by atoms with van der Waals surface area (Å²) in [5.74, 6) is -0.971. The summed E-state index contributed by atoms with van der Waals surface area (Å²) in [6, 6.07) is 5.32. The third-order valence-corrected chi connectivity index (χ3v) is 2.74. The van der Waals surface area contributed by atoms with E-state index >= 15 is 0 Å². The van der Waals surface area contributed by atoms with E-state index in [0.717, 1.165) is 11.9 Å². The highest BCUT2D eigenvalue weighted by Crippen LogP contribution is 2.20. The van der Waals surface area contributed by atoms with Gasteiger partial charge in [-0.25, -0.2) is 9.48 Å². The smallest absolute Gasteiger partial charge is 0.338 e. The Morgan fingerprint density at radius 2 is 2.31 bits per heavy atom. The molecule has 0 fully saturated rings. The first-order valence-electron chi connectivity index (χ1n) is 5.22. The van der Waals surface area contributed by atoms with Gasteiger partial charge >= 0.3 is 5.97 Å². The normalized spacial score (nSPS) is 12.9. The first-order chi connectivity index (χ1) is 7.65. The van der Waals surface area contributed by atoms with Crippen molar-refractivity contribution >= 4 is 17.0 Å². The second kappa shape index (κ2) is 3.92. The maximum Gasteiger partial charge on any atom is 0.338 e. The van der Waals surface area contributed by atoms with E-state index in [2.05, 4.69) is 17.2 Å². The molecule has 0 aliphatic rings. The molecule has 1 heterocycles. The number of carbonyl (C=O) groups is 1. The highest BCUT2D eigenvalue weighted by molar-refractivity contribution is 6.00. The topological polar surface area (TPSA) is 68.0 Å². The highest BCUT2D eigenvalue weighted by atomic mass is 16.4. The number of rotatable bonds is 3. The number of hydrogen-bond acceptors (Lipinski definition) is 3. The Labute approximate surface area is 92.7 Å². The maximum atomic E-state index is 11.0. The molecule has 0 radical (unpaired) electrons. The second-order valence-corrected chi connectivity index (χ2v) is 3.77. The average Bonchev–Trinajstić information content (AvgIpc) is 2.71. The van der Waals surface area contributed by atoms with Gasteiger partial charge in [-0.15, -0.1) is 5.10 Å². The number of aromatic carboxylic acids is 1. The van der Waals surface area contributed by atoms with Gasteiger partial charge in [0.1, 0.15) is 5.52 Å². The van der Waals surface area contributed by atoms with Crippen LogP contribution >= 0.6 is 0 Å². The molecule has 0 spiro atoms. The standard InChI is InChI=1S/C11H13N3O2/c1-3-7(2)14-9-6-4-5-8(11(15)16)10(9)12-13-14/h4-7H,3H2,1-2H3,(H,15,16). The molecule has 0 aliphatic heterocycles. The molecule has 1 aromatic heterocycles. The van der Waals surface area contributed by atoms with Crippen molar-refractivity contribution in [1.82, 2.24) is 15.0 Å². The van der Waals surface area contributed by atoms with Gasteiger partial charge in [0.15, 0.2) is 0 Å². The first kappa shape index (κ1) is 10.6. The predicted octanol–water partition coefficient (Wildman–Crippen LogP) is 2.10. The van der Waals surface area contributed by atoms with Crippen LogP contribution in [0, 0.1) is 0 Å². The van der Waals surface area contributed by atoms with Crippen LogP contribution in [0.1, 0.15) is 36.7 Å². The lowest BCUT2D eigenvalue weighted by Crippen LogP contribution is -2.05. The lowest BCUT2D eigenvalue weighted by molar-refractivity contribution is 0.0699. The van der Waals surface area contributed by atoms with Crippen molar-refractivity contribution in [3.8, 4) is 0 Å². The van der Waals surface area contributed by atoms with Crippen LogP contribution in [-0.2, 0) is 0 Å². The van der Waals surface area contributed by atoms with Crippen LogP contribution in [0.15, 0.2) is 18.2 Å². The third-order valence-electron chi connectivity index (χ3n) is 2.74. The Balaban J connectivity index is 2.66. The Hall–Kier alpha value is -1.91. The fraction of sp³-hybridized carbons (Fsp3) is 0.364. The van der Waals surface area contributed by atoms with Gasteiger partial charge in [0.25, 0.3) is 0 Å². The number of benzene rings is 1. The van der Waals surface area contributed by atoms with E-state index in [1.165, 1.54) is 0 Å². The van der Waals surface area contributed by atoms with E-state index < -0.39 is 5.97 Å². The number of carboxylic acids is 1. The van der Waals surface area contributed by atoms with Crippen molar-refractivity contribution in [2.24, 2.45) is 0 Å². The quantitative estimate of drug-likeness (QED) is 0.858. The molecule has 5 heteroatoms. The largest absolute Gasteiger partial charge is 0.478 e. The van der Waals surface area contributed by atoms with E-state index in [4.69, 9.17) is 5.11 Å². The van der Waals surface area contributed by atoms with Gasteiger partial charge in [-0.1, -0.05) is 18.2 Å². The zero-order valence-electron chi connectivity index (χ0n) is 9.21. The Morgan fingerprint density at radius 3 is 2.94 bits per heavy atom. The van der Waals surface area contributed by atoms with Gasteiger partial charge in [-0.3, -0.25) is 0 Å². The zero-order chi connectivity index (χ0) is 11.7. The number of aromatic nitrogens is 3. The van der Waals surface area contributed by atoms with Crippen LogP contribution in [0.3, 0.4) is 0 Å². The minimum absolute atomic E-state index is 0.201. The van der Waals surface area contributed by atoms with Gasteiger partial charge in [0.2, 0.25) is 0 Å². The number of hydrogen-bond donors (Lipinski definition) is 1. The van der Waals surface area contributed by atoms with Crippen molar-refractivity contribution in [1.29, 1.82) is 0 Å². The third kappa shape index (κ3) is 1.54. The molecule has 0 aliphatic carbocycles. The molecule has 1 N–H and O–H groups in total. The summed E-state index contributed by atoms with van der Waals surface area (Å²) in [6.07, 6.45) is 0.926. The van der Waals surface area contributed by atoms with E-state index in [9.17, 15) is 4.79 Å². The summed E-state index contributed by atoms with van der Waals surface area (Å²) in [4.78, 5) is 11.0. The van der Waals surface area contributed by atoms with Crippen LogP contribution in [0.4, 0.5) is 0 Å². The monoisotopic (exact) mass is 219 g/mol. The molecule has 84 valence electrons. The van der Waals surface area contributed by atoms with Gasteiger partial charge in [-0.2, -0.15) is 0 Å². The lowest BCUT2D eigenvalue weighted by atomic mass is 10.1. The minimum atomic E-state index is -0.971. The molecule has 1 aromatic carbocycles. The molecular weight excluding hydrogens is 206 g/mol. The molecule has 1 unspecified atom stereocenters. The molecule has 0 saturated heterocycles. The molecular formula is C11H13N3O2. The van der Waals surface area contributed by atoms with Gasteiger partial charge in [0.05, 0.1) is 17.1 Å². The van der Waals surface area contributed by atoms with Crippen molar-refractivity contribution in [3.05, 3.63) is 23.8 Å². The summed E-state index contributed by atoms with van der Waals surface area (Å²) in [5.41, 5.74) is 1.43. The molecule has 0 amide bonds. The summed E-state index contributed by atoms with van der Waals surface area (Å²) in [7, 11) is 0. The molecule has 0 bridgehead atoms. The zero-order valence-corrected chi connectivity index (χ0v) is 9.21. The lowest BCUT2D eigenvalue weighted by Gasteiger charge is -2.08. The Morgan fingerprint density at radius 1 is 1.56 bits per heavy atom. The van der Waals surface area contributed by atoms with E-state index in [0.29, 0.717) is 5.52 Å². The van der Waals surface area contributed by atoms with Gasteiger partial charge < -0.3 is 5.11 Å². The number of nitrogens with zero attached hydrogens (tertiary/aromatic N) is 3. The van der Waals surface area contributed by atoms with E-state index in [1.54, 1.807) is 16.8 Å². The fourth-order valence-electron chi connectivity index (χ4n) is 1.63. The fourth-order valence-corrected chi connectivity index (χ4v) is 1.63. The van der Waals surface area contributed by atoms with Gasteiger partial charge in [-0.05, 0) is 25.5 Å². The van der Waals surface area contributed by atoms with Crippen molar-refractivity contribution in [2.45, 2.75) is 26.3 Å². The highest BCUT2D eigenvalue weighted by Gasteiger charge is 2.15. The molecule has 1 atom stereocenters. The predicted molar refractivity (Wildman–Crippen MR) is 59.5 cm³/mol. The van der Waals surface area contributed by atoms with Crippen molar-refractivity contribution < 1.29 is 9.90 Å². The summed E-state index contributed by atoms with van der Waals surface area (Å²) in [6.45, 7) is 4.08. The van der Waals surface area contributed by atoms with Crippen LogP contribution < -0.4 is 0 Å². The van der Waals surface area contributed by atoms with Crippen LogP contribution in [-0.4, -0.2) is 26.1 Å². The Kier molecular flexibility index (Phi) is 2.60. The maximum absolute atomic E-state index is 11.0. The van der Waals surface area contributed by atoms with Crippen LogP contribution in [0.25, 0.3) is 11.0 Å². The minimum Gasteiger partial charge on any atom is -0.478 e. The molecule has 2 aromatic rings. The second-order valence-electron chi connectivity index (χ2n) is 3.77. The Bertz CT molecular complexity index is 533. The molecule has 0 saturated carbocycles. The summed E-state index contributed by atoms with van der Waals surface area (Å²) in [5, 5.41) is 17.0. The average molecular weight is 219 g/mol. The number of carboxylic acid groups (broad SMARTS) is 1. The summed E-state index contributed by atoms with van der Waals surface area (Å²) < 4.78 is 1.77. The first-order valence-corrected chi connectivity index (χ1v) is 5.22. The van der Waals surface area contributed by atoms with Gasteiger partial charge in [0, 0.05) is 0 Å². The molecule has 2 rings (SSSR count). The van der Waals surface area contributed by atoms with E-state index in [-0.39, 0.29) is 11.6 Å². The van der Waals surface area contributed by atoms with Crippen LogP contribution in [0.5, 0.6) is 0 Å². The van der Waals surface area contributed by atoms with Crippen LogP contribution in [0.2, 0.25) is 0 Å². The van der Waals surface area contributed by atoms with E-state index in [1.807, 2.05) is 13.0 Å². The SMILES string of the molecule is CCC(C)n1nnc2c(C(=O)O)cccc21.